The molecule has 1 fully saturated rings. The number of hydrogen-bond donors (Lipinski definition) is 2. The van der Waals surface area contributed by atoms with E-state index < -0.39 is 0 Å². The highest BCUT2D eigenvalue weighted by atomic mass is 32.1. The number of ether oxygens (including phenoxy) is 2. The van der Waals surface area contributed by atoms with Gasteiger partial charge in [0, 0.05) is 18.2 Å². The molecular formula is C16H17N3O3S. The Bertz CT molecular complexity index is 725. The molecule has 2 N–H and O–H groups in total. The molecule has 0 saturated carbocycles. The molecule has 1 atom stereocenters. The third kappa shape index (κ3) is 3.02. The van der Waals surface area contributed by atoms with Crippen LogP contribution in [-0.2, 0) is 0 Å². The van der Waals surface area contributed by atoms with E-state index in [1.165, 1.54) is 11.3 Å². The van der Waals surface area contributed by atoms with Crippen molar-refractivity contribution in [3.8, 4) is 22.1 Å². The van der Waals surface area contributed by atoms with Gasteiger partial charge in [-0.2, -0.15) is 0 Å². The predicted octanol–water partition coefficient (Wildman–Crippen LogP) is 2.02. The molecule has 6 nitrogen and oxygen atoms in total. The molecule has 4 rings (SSSR count). The van der Waals surface area contributed by atoms with Gasteiger partial charge in [0.2, 0.25) is 6.79 Å². The van der Waals surface area contributed by atoms with Gasteiger partial charge in [0.05, 0.1) is 6.20 Å². The SMILES string of the molecule is O=C(NC1CCCNC1)c1cnc(-c2ccc3c(c2)OCO3)s1. The third-order valence-electron chi connectivity index (χ3n) is 3.98. The van der Waals surface area contributed by atoms with Gasteiger partial charge in [0.15, 0.2) is 11.5 Å². The fraction of sp³-hybridized carbons (Fsp3) is 0.375. The summed E-state index contributed by atoms with van der Waals surface area (Å²) in [7, 11) is 0. The van der Waals surface area contributed by atoms with Crippen molar-refractivity contribution in [3.05, 3.63) is 29.3 Å². The van der Waals surface area contributed by atoms with Gasteiger partial charge in [-0.25, -0.2) is 4.98 Å². The zero-order valence-electron chi connectivity index (χ0n) is 12.5. The highest BCUT2D eigenvalue weighted by Gasteiger charge is 2.19. The van der Waals surface area contributed by atoms with Crippen molar-refractivity contribution in [2.24, 2.45) is 0 Å². The Balaban J connectivity index is 1.48. The summed E-state index contributed by atoms with van der Waals surface area (Å²) in [5, 5.41) is 7.16. The lowest BCUT2D eigenvalue weighted by molar-refractivity contribution is 0.0934. The average molecular weight is 331 g/mol. The van der Waals surface area contributed by atoms with Gasteiger partial charge >= 0.3 is 0 Å². The Labute approximate surface area is 137 Å². The van der Waals surface area contributed by atoms with Gasteiger partial charge in [0.25, 0.3) is 5.91 Å². The van der Waals surface area contributed by atoms with Gasteiger partial charge in [0.1, 0.15) is 9.88 Å². The molecule has 1 amide bonds. The van der Waals surface area contributed by atoms with E-state index in [0.29, 0.717) is 4.88 Å². The topological polar surface area (TPSA) is 72.5 Å². The minimum atomic E-state index is -0.0526. The largest absolute Gasteiger partial charge is 0.454 e. The summed E-state index contributed by atoms with van der Waals surface area (Å²) >= 11 is 1.39. The maximum Gasteiger partial charge on any atom is 0.263 e. The van der Waals surface area contributed by atoms with Gasteiger partial charge in [-0.1, -0.05) is 0 Å². The van der Waals surface area contributed by atoms with Crippen LogP contribution < -0.4 is 20.1 Å². The summed E-state index contributed by atoms with van der Waals surface area (Å²) in [6.45, 7) is 2.11. The number of carbonyl (C=O) groups excluding carboxylic acids is 1. The van der Waals surface area contributed by atoms with Gasteiger partial charge in [-0.3, -0.25) is 4.79 Å². The molecule has 0 aliphatic carbocycles. The van der Waals surface area contributed by atoms with E-state index in [2.05, 4.69) is 15.6 Å². The zero-order valence-corrected chi connectivity index (χ0v) is 13.3. The van der Waals surface area contributed by atoms with Crippen molar-refractivity contribution in [3.63, 3.8) is 0 Å². The Morgan fingerprint density at radius 3 is 3.13 bits per heavy atom. The number of amides is 1. The minimum absolute atomic E-state index is 0.0526. The predicted molar refractivity (Wildman–Crippen MR) is 87.0 cm³/mol. The molecule has 120 valence electrons. The van der Waals surface area contributed by atoms with E-state index in [-0.39, 0.29) is 18.7 Å². The zero-order chi connectivity index (χ0) is 15.6. The molecule has 2 aliphatic rings. The molecule has 7 heteroatoms. The molecular weight excluding hydrogens is 314 g/mol. The van der Waals surface area contributed by atoms with Crippen LogP contribution in [0.15, 0.2) is 24.4 Å². The lowest BCUT2D eigenvalue weighted by Crippen LogP contribution is -2.45. The molecule has 2 aromatic rings. The van der Waals surface area contributed by atoms with Gasteiger partial charge in [-0.15, -0.1) is 11.3 Å². The summed E-state index contributed by atoms with van der Waals surface area (Å²) in [5.74, 6) is 1.41. The smallest absolute Gasteiger partial charge is 0.263 e. The molecule has 1 aromatic heterocycles. The van der Waals surface area contributed by atoms with Crippen LogP contribution in [0.4, 0.5) is 0 Å². The minimum Gasteiger partial charge on any atom is -0.454 e. The Hall–Kier alpha value is -2.12. The van der Waals surface area contributed by atoms with Crippen molar-refractivity contribution in [1.82, 2.24) is 15.6 Å². The lowest BCUT2D eigenvalue weighted by atomic mass is 10.1. The molecule has 1 aromatic carbocycles. The summed E-state index contributed by atoms with van der Waals surface area (Å²) in [6, 6.07) is 5.90. The molecule has 1 unspecified atom stereocenters. The first kappa shape index (κ1) is 14.5. The first-order valence-electron chi connectivity index (χ1n) is 7.67. The summed E-state index contributed by atoms with van der Waals surface area (Å²) in [5.41, 5.74) is 0.928. The standard InChI is InChI=1S/C16H17N3O3S/c20-15(19-11-2-1-5-17-7-11)14-8-18-16(23-14)10-3-4-12-13(6-10)22-9-21-12/h3-4,6,8,11,17H,1-2,5,7,9H2,(H,19,20). The van der Waals surface area contributed by atoms with Crippen molar-refractivity contribution in [1.29, 1.82) is 0 Å². The average Bonchev–Trinajstić information content (AvgIpc) is 3.24. The second-order valence-corrected chi connectivity index (χ2v) is 6.65. The van der Waals surface area contributed by atoms with E-state index in [1.54, 1.807) is 6.20 Å². The number of piperidine rings is 1. The number of rotatable bonds is 3. The Kier molecular flexibility index (Phi) is 3.88. The summed E-state index contributed by atoms with van der Waals surface area (Å²) in [6.07, 6.45) is 3.75. The molecule has 0 spiro atoms. The first-order valence-corrected chi connectivity index (χ1v) is 8.49. The number of hydrogen-bond acceptors (Lipinski definition) is 6. The van der Waals surface area contributed by atoms with Crippen LogP contribution in [0.5, 0.6) is 11.5 Å². The van der Waals surface area contributed by atoms with Gasteiger partial charge < -0.3 is 20.1 Å². The number of nitrogens with one attached hydrogen (secondary N) is 2. The Morgan fingerprint density at radius 1 is 1.35 bits per heavy atom. The molecule has 3 heterocycles. The van der Waals surface area contributed by atoms with Crippen LogP contribution in [0.25, 0.3) is 10.6 Å². The quantitative estimate of drug-likeness (QED) is 0.900. The van der Waals surface area contributed by atoms with E-state index >= 15 is 0 Å². The lowest BCUT2D eigenvalue weighted by Gasteiger charge is -2.23. The normalized spacial score (nSPS) is 19.6. The monoisotopic (exact) mass is 331 g/mol. The van der Waals surface area contributed by atoms with Crippen molar-refractivity contribution in [2.75, 3.05) is 19.9 Å². The van der Waals surface area contributed by atoms with Crippen molar-refractivity contribution in [2.45, 2.75) is 18.9 Å². The molecule has 1 saturated heterocycles. The van der Waals surface area contributed by atoms with Crippen LogP contribution >= 0.6 is 11.3 Å². The van der Waals surface area contributed by atoms with Crippen LogP contribution in [0, 0.1) is 0 Å². The summed E-state index contributed by atoms with van der Waals surface area (Å²) < 4.78 is 10.7. The maximum atomic E-state index is 12.3. The van der Waals surface area contributed by atoms with Crippen molar-refractivity contribution >= 4 is 17.2 Å². The number of fused-ring (bicyclic) bond motifs is 1. The molecule has 0 bridgehead atoms. The summed E-state index contributed by atoms with van der Waals surface area (Å²) in [4.78, 5) is 17.3. The third-order valence-corrected chi connectivity index (χ3v) is 5.03. The molecule has 0 radical (unpaired) electrons. The maximum absolute atomic E-state index is 12.3. The van der Waals surface area contributed by atoms with Crippen LogP contribution in [0.1, 0.15) is 22.5 Å². The number of benzene rings is 1. The van der Waals surface area contributed by atoms with Crippen LogP contribution in [0.2, 0.25) is 0 Å². The second kappa shape index (κ2) is 6.17. The second-order valence-electron chi connectivity index (χ2n) is 5.61. The Morgan fingerprint density at radius 2 is 2.26 bits per heavy atom. The number of carbonyl (C=O) groups is 1. The van der Waals surface area contributed by atoms with E-state index in [0.717, 1.165) is 48.0 Å². The van der Waals surface area contributed by atoms with Gasteiger partial charge in [-0.05, 0) is 37.6 Å². The first-order chi connectivity index (χ1) is 11.3. The number of nitrogens with zero attached hydrogens (tertiary/aromatic N) is 1. The fourth-order valence-electron chi connectivity index (χ4n) is 2.77. The highest BCUT2D eigenvalue weighted by Crippen LogP contribution is 2.36. The molecule has 23 heavy (non-hydrogen) atoms. The fourth-order valence-corrected chi connectivity index (χ4v) is 3.59. The highest BCUT2D eigenvalue weighted by molar-refractivity contribution is 7.16. The number of thiazole rings is 1. The van der Waals surface area contributed by atoms with E-state index in [4.69, 9.17) is 9.47 Å². The number of aromatic nitrogens is 1. The molecule has 2 aliphatic heterocycles. The van der Waals surface area contributed by atoms with Crippen LogP contribution in [0.3, 0.4) is 0 Å². The van der Waals surface area contributed by atoms with E-state index in [1.807, 2.05) is 18.2 Å². The van der Waals surface area contributed by atoms with Crippen LogP contribution in [-0.4, -0.2) is 36.8 Å². The van der Waals surface area contributed by atoms with E-state index in [9.17, 15) is 4.79 Å². The van der Waals surface area contributed by atoms with Crippen molar-refractivity contribution < 1.29 is 14.3 Å².